The third-order valence-electron chi connectivity index (χ3n) is 12.9. The Balaban J connectivity index is 1.60. The van der Waals surface area contributed by atoms with Crippen LogP contribution in [0.1, 0.15) is 166 Å². The minimum atomic E-state index is -0.466. The molecule has 0 saturated heterocycles. The van der Waals surface area contributed by atoms with Gasteiger partial charge in [0, 0.05) is 0 Å². The van der Waals surface area contributed by atoms with Gasteiger partial charge < -0.3 is 9.47 Å². The molecular weight excluding hydrogens is 713 g/mol. The quantitative estimate of drug-likeness (QED) is 0.103. The number of hydrogen-bond acceptors (Lipinski definition) is 4. The number of hydrogen-bond donors (Lipinski definition) is 0. The zero-order valence-corrected chi connectivity index (χ0v) is 36.3. The summed E-state index contributed by atoms with van der Waals surface area (Å²) in [7, 11) is 0. The van der Waals surface area contributed by atoms with E-state index in [0.29, 0.717) is 24.0 Å². The summed E-state index contributed by atoms with van der Waals surface area (Å²) in [4.78, 5) is 27.6. The molecule has 0 unspecified atom stereocenters. The van der Waals surface area contributed by atoms with Crippen molar-refractivity contribution >= 4 is 11.9 Å². The molecule has 0 aromatic heterocycles. The van der Waals surface area contributed by atoms with Crippen LogP contribution in [-0.4, -0.2) is 25.2 Å². The van der Waals surface area contributed by atoms with Gasteiger partial charge in [-0.1, -0.05) is 114 Å². The van der Waals surface area contributed by atoms with Crippen molar-refractivity contribution in [2.45, 2.75) is 132 Å². The van der Waals surface area contributed by atoms with E-state index >= 15 is 0 Å². The first-order valence-electron chi connectivity index (χ1n) is 22.2. The Morgan fingerprint density at radius 1 is 0.431 bits per heavy atom. The van der Waals surface area contributed by atoms with Gasteiger partial charge in [0.1, 0.15) is 0 Å². The summed E-state index contributed by atoms with van der Waals surface area (Å²) in [6.45, 7) is 17.5. The van der Waals surface area contributed by atoms with Gasteiger partial charge in [-0.15, -0.1) is 0 Å². The summed E-state index contributed by atoms with van der Waals surface area (Å²) in [5, 5.41) is 0. The van der Waals surface area contributed by atoms with Gasteiger partial charge in [-0.05, 0) is 179 Å². The fourth-order valence-electron chi connectivity index (χ4n) is 10.6. The molecule has 0 bridgehead atoms. The van der Waals surface area contributed by atoms with Crippen molar-refractivity contribution < 1.29 is 19.1 Å². The summed E-state index contributed by atoms with van der Waals surface area (Å²) in [5.41, 5.74) is 25.0. The maximum atomic E-state index is 13.8. The smallest absolute Gasteiger partial charge is 0.339 e. The van der Waals surface area contributed by atoms with Crippen molar-refractivity contribution in [1.82, 2.24) is 0 Å². The van der Waals surface area contributed by atoms with E-state index in [4.69, 9.17) is 9.47 Å². The van der Waals surface area contributed by atoms with E-state index in [-0.39, 0.29) is 13.2 Å². The average Bonchev–Trinajstić information content (AvgIpc) is 3.23. The maximum Gasteiger partial charge on any atom is 0.339 e. The monoisotopic (exact) mass is 774 g/mol. The summed E-state index contributed by atoms with van der Waals surface area (Å²) in [6, 6.07) is 22.1. The topological polar surface area (TPSA) is 52.6 Å². The molecule has 4 heteroatoms. The molecule has 4 nitrogen and oxygen atoms in total. The summed E-state index contributed by atoms with van der Waals surface area (Å²) >= 11 is 0. The summed E-state index contributed by atoms with van der Waals surface area (Å²) in [6.07, 6.45) is 12.2. The van der Waals surface area contributed by atoms with E-state index in [2.05, 4.69) is 88.4 Å². The fourth-order valence-corrected chi connectivity index (χ4v) is 10.6. The molecular formula is C54H62O4. The van der Waals surface area contributed by atoms with E-state index in [9.17, 15) is 9.59 Å². The third kappa shape index (κ3) is 7.22. The lowest BCUT2D eigenvalue weighted by Gasteiger charge is -2.37. The number of carbonyl (C=O) groups excluding carboxylic acids is 2. The van der Waals surface area contributed by atoms with E-state index in [1.807, 2.05) is 27.7 Å². The van der Waals surface area contributed by atoms with Crippen molar-refractivity contribution in [3.63, 3.8) is 0 Å². The number of ether oxygens (including phenoxy) is 2. The number of carbonyl (C=O) groups is 2. The standard InChI is InChI=1S/C54H62O4/c1-9-21-37-38(22-10-2)40(24-12-4)44-32-48-47(31-43(44)39(37)23-11-3)51(35-25-17-15-18-26-35)45-29-41-33(7)49(53(55)57-13-5)50(54(56)58-14-6)34(8)42(41)30-46(45)52(48)36-27-19-16-20-28-36/h15-20,25-28H,9-14,21-24,29-32H2,1-8H3. The molecule has 302 valence electrons. The summed E-state index contributed by atoms with van der Waals surface area (Å²) < 4.78 is 11.3. The van der Waals surface area contributed by atoms with Crippen molar-refractivity contribution in [3.8, 4) is 22.3 Å². The van der Waals surface area contributed by atoms with Gasteiger partial charge in [0.05, 0.1) is 24.3 Å². The normalized spacial score (nSPS) is 12.7. The van der Waals surface area contributed by atoms with Gasteiger partial charge in [-0.25, -0.2) is 9.59 Å². The van der Waals surface area contributed by atoms with Crippen molar-refractivity contribution in [3.05, 3.63) is 150 Å². The highest BCUT2D eigenvalue weighted by atomic mass is 16.5. The highest BCUT2D eigenvalue weighted by Gasteiger charge is 2.37. The molecule has 2 aliphatic rings. The first-order valence-corrected chi connectivity index (χ1v) is 22.2. The summed E-state index contributed by atoms with van der Waals surface area (Å²) in [5.74, 6) is -0.932. The molecule has 7 rings (SSSR count). The minimum Gasteiger partial charge on any atom is -0.462 e. The van der Waals surface area contributed by atoms with E-state index < -0.39 is 11.9 Å². The van der Waals surface area contributed by atoms with Gasteiger partial charge in [0.2, 0.25) is 0 Å². The minimum absolute atomic E-state index is 0.228. The van der Waals surface area contributed by atoms with Crippen LogP contribution in [0.15, 0.2) is 60.7 Å². The first kappa shape index (κ1) is 41.2. The number of benzene rings is 5. The molecule has 0 amide bonds. The van der Waals surface area contributed by atoms with Crippen molar-refractivity contribution in [2.75, 3.05) is 13.2 Å². The van der Waals surface area contributed by atoms with Crippen LogP contribution in [0.25, 0.3) is 22.3 Å². The van der Waals surface area contributed by atoms with Crippen molar-refractivity contribution in [2.24, 2.45) is 0 Å². The van der Waals surface area contributed by atoms with Gasteiger partial charge in [0.15, 0.2) is 0 Å². The molecule has 0 saturated carbocycles. The fraction of sp³-hybridized carbons (Fsp3) is 0.407. The SMILES string of the molecule is CCCc1c(CCC)c(CCC)c2c(c1CCC)Cc1c(c(-c3ccccc3)c3c(c1-c1ccccc1)Cc1c(C)c(C(=O)OCC)c(C(=O)OCC)c(C)c1C3)C2. The van der Waals surface area contributed by atoms with Crippen LogP contribution in [-0.2, 0) is 60.8 Å². The second-order valence-electron chi connectivity index (χ2n) is 16.4. The second-order valence-corrected chi connectivity index (χ2v) is 16.4. The average molecular weight is 775 g/mol. The van der Waals surface area contributed by atoms with Gasteiger partial charge >= 0.3 is 11.9 Å². The Kier molecular flexibility index (Phi) is 12.7. The molecule has 0 fully saturated rings. The van der Waals surface area contributed by atoms with Crippen LogP contribution in [0.2, 0.25) is 0 Å². The molecule has 2 aliphatic carbocycles. The maximum absolute atomic E-state index is 13.8. The van der Waals surface area contributed by atoms with E-state index in [1.165, 1.54) is 44.5 Å². The molecule has 5 aromatic rings. The van der Waals surface area contributed by atoms with E-state index in [1.54, 1.807) is 33.4 Å². The lowest BCUT2D eigenvalue weighted by atomic mass is 9.67. The van der Waals surface area contributed by atoms with Crippen LogP contribution < -0.4 is 0 Å². The molecule has 0 N–H and O–H groups in total. The zero-order valence-electron chi connectivity index (χ0n) is 36.3. The number of rotatable bonds is 14. The van der Waals surface area contributed by atoms with Crippen LogP contribution in [0.3, 0.4) is 0 Å². The lowest BCUT2D eigenvalue weighted by Crippen LogP contribution is -2.25. The van der Waals surface area contributed by atoms with E-state index in [0.717, 1.165) is 86.5 Å². The molecule has 0 heterocycles. The first-order chi connectivity index (χ1) is 28.2. The second kappa shape index (κ2) is 17.9. The van der Waals surface area contributed by atoms with Crippen LogP contribution in [0.4, 0.5) is 0 Å². The van der Waals surface area contributed by atoms with Crippen LogP contribution in [0, 0.1) is 13.8 Å². The highest BCUT2D eigenvalue weighted by Crippen LogP contribution is 2.51. The van der Waals surface area contributed by atoms with Crippen LogP contribution >= 0.6 is 0 Å². The Morgan fingerprint density at radius 2 is 0.741 bits per heavy atom. The molecule has 0 atom stereocenters. The third-order valence-corrected chi connectivity index (χ3v) is 12.9. The predicted octanol–water partition coefficient (Wildman–Crippen LogP) is 12.8. The highest BCUT2D eigenvalue weighted by molar-refractivity contribution is 6.06. The van der Waals surface area contributed by atoms with Gasteiger partial charge in [-0.2, -0.15) is 0 Å². The lowest BCUT2D eigenvalue weighted by molar-refractivity contribution is 0.0477. The molecule has 5 aromatic carbocycles. The Bertz CT molecular complexity index is 2180. The van der Waals surface area contributed by atoms with Crippen molar-refractivity contribution in [1.29, 1.82) is 0 Å². The molecule has 0 aliphatic heterocycles. The van der Waals surface area contributed by atoms with Crippen LogP contribution in [0.5, 0.6) is 0 Å². The van der Waals surface area contributed by atoms with Gasteiger partial charge in [0.25, 0.3) is 0 Å². The molecule has 58 heavy (non-hydrogen) atoms. The Labute approximate surface area is 347 Å². The number of fused-ring (bicyclic) bond motifs is 4. The predicted molar refractivity (Wildman–Crippen MR) is 239 cm³/mol. The largest absolute Gasteiger partial charge is 0.462 e. The Hall–Kier alpha value is -4.96. The zero-order chi connectivity index (χ0) is 41.1. The van der Waals surface area contributed by atoms with Gasteiger partial charge in [-0.3, -0.25) is 0 Å². The number of esters is 2. The molecule has 0 radical (unpaired) electrons. The molecule has 0 spiro atoms. The Morgan fingerprint density at radius 3 is 1.05 bits per heavy atom.